The van der Waals surface area contributed by atoms with E-state index in [1.807, 2.05) is 0 Å². The van der Waals surface area contributed by atoms with Gasteiger partial charge in [-0.25, -0.2) is 0 Å². The molecule has 0 spiro atoms. The maximum atomic E-state index is 2.41. The Morgan fingerprint density at radius 1 is 0.656 bits per heavy atom. The topological polar surface area (TPSA) is 0 Å². The molecule has 1 aliphatic carbocycles. The molecule has 0 saturated heterocycles. The molecule has 0 radical (unpaired) electrons. The molecule has 32 heavy (non-hydrogen) atoms. The predicted molar refractivity (Wildman–Crippen MR) is 137 cm³/mol. The number of hydrogen-bond donors (Lipinski definition) is 0. The lowest BCUT2D eigenvalue weighted by molar-refractivity contribution is 1.14. The predicted octanol–water partition coefficient (Wildman–Crippen LogP) is 8.62. The van der Waals surface area contributed by atoms with Crippen LogP contribution in [0.2, 0.25) is 0 Å². The van der Waals surface area contributed by atoms with Gasteiger partial charge in [0.05, 0.1) is 0 Å². The molecule has 0 N–H and O–H groups in total. The smallest absolute Gasteiger partial charge is 0.00102 e. The summed E-state index contributed by atoms with van der Waals surface area (Å²) >= 11 is 0. The summed E-state index contributed by atoms with van der Waals surface area (Å²) in [6.45, 7) is 4.53. The fourth-order valence-electron chi connectivity index (χ4n) is 5.44. The van der Waals surface area contributed by atoms with Crippen molar-refractivity contribution in [2.75, 3.05) is 0 Å². The Hall–Kier alpha value is -3.64. The molecule has 1 aliphatic rings. The summed E-state index contributed by atoms with van der Waals surface area (Å²) in [5.41, 5.74) is 13.9. The lowest BCUT2D eigenvalue weighted by Gasteiger charge is -2.16. The summed E-state index contributed by atoms with van der Waals surface area (Å²) in [7, 11) is 0. The first-order valence-electron chi connectivity index (χ1n) is 11.6. The molecule has 0 fully saturated rings. The molecule has 5 aromatic carbocycles. The van der Waals surface area contributed by atoms with Crippen molar-refractivity contribution >= 4 is 10.8 Å². The first-order chi connectivity index (χ1) is 15.7. The number of hydrogen-bond acceptors (Lipinski definition) is 0. The van der Waals surface area contributed by atoms with E-state index < -0.39 is 0 Å². The SMILES string of the molecule is CCc1cccc(-c2ccc3c(c2C)Cc2cc4ccccc4c(-c4ccccc4)c2-3)c1. The van der Waals surface area contributed by atoms with E-state index in [2.05, 4.69) is 111 Å². The van der Waals surface area contributed by atoms with E-state index >= 15 is 0 Å². The molecule has 0 atom stereocenters. The van der Waals surface area contributed by atoms with Crippen LogP contribution in [-0.2, 0) is 12.8 Å². The van der Waals surface area contributed by atoms with Crippen molar-refractivity contribution in [3.05, 3.63) is 119 Å². The summed E-state index contributed by atoms with van der Waals surface area (Å²) in [4.78, 5) is 0. The molecule has 0 unspecified atom stereocenters. The minimum atomic E-state index is 1.00. The second-order valence-electron chi connectivity index (χ2n) is 8.87. The molecule has 0 nitrogen and oxygen atoms in total. The van der Waals surface area contributed by atoms with Crippen LogP contribution in [0.4, 0.5) is 0 Å². The molecule has 6 rings (SSSR count). The van der Waals surface area contributed by atoms with E-state index in [1.54, 1.807) is 0 Å². The van der Waals surface area contributed by atoms with E-state index in [4.69, 9.17) is 0 Å². The highest BCUT2D eigenvalue weighted by molar-refractivity contribution is 6.07. The van der Waals surface area contributed by atoms with Crippen LogP contribution < -0.4 is 0 Å². The van der Waals surface area contributed by atoms with Gasteiger partial charge in [0.1, 0.15) is 0 Å². The Balaban J connectivity index is 1.61. The van der Waals surface area contributed by atoms with Gasteiger partial charge in [-0.3, -0.25) is 0 Å². The number of aryl methyl sites for hydroxylation is 1. The van der Waals surface area contributed by atoms with Gasteiger partial charge < -0.3 is 0 Å². The Bertz CT molecular complexity index is 1470. The van der Waals surface area contributed by atoms with E-state index in [-0.39, 0.29) is 0 Å². The second kappa shape index (κ2) is 7.50. The standard InChI is InChI=1S/C32H26/c1-3-22-10-9-14-24(18-22)27-16-17-29-30(21(27)2)20-26-19-25-13-7-8-15-28(25)31(32(26)29)23-11-5-4-6-12-23/h4-19H,3,20H2,1-2H3. The molecule has 0 aromatic heterocycles. The van der Waals surface area contributed by atoms with Crippen LogP contribution in [0.1, 0.15) is 29.2 Å². The van der Waals surface area contributed by atoms with Crippen LogP contribution >= 0.6 is 0 Å². The average molecular weight is 411 g/mol. The first-order valence-corrected chi connectivity index (χ1v) is 11.6. The molecule has 0 aliphatic heterocycles. The maximum absolute atomic E-state index is 2.41. The molecule has 0 heteroatoms. The van der Waals surface area contributed by atoms with Crippen LogP contribution in [0, 0.1) is 6.92 Å². The molecule has 5 aromatic rings. The Kier molecular flexibility index (Phi) is 4.47. The third-order valence-corrected chi connectivity index (χ3v) is 7.07. The maximum Gasteiger partial charge on any atom is -0.00102 e. The third kappa shape index (κ3) is 2.91. The quantitative estimate of drug-likeness (QED) is 0.274. The Labute approximate surface area is 190 Å². The van der Waals surface area contributed by atoms with Crippen LogP contribution in [0.3, 0.4) is 0 Å². The third-order valence-electron chi connectivity index (χ3n) is 7.07. The Morgan fingerprint density at radius 3 is 2.25 bits per heavy atom. The van der Waals surface area contributed by atoms with E-state index in [1.165, 1.54) is 66.4 Å². The summed E-state index contributed by atoms with van der Waals surface area (Å²) in [5, 5.41) is 2.66. The first kappa shape index (κ1) is 19.1. The summed E-state index contributed by atoms with van der Waals surface area (Å²) in [5.74, 6) is 0. The average Bonchev–Trinajstić information content (AvgIpc) is 3.22. The fraction of sp³-hybridized carbons (Fsp3) is 0.125. The van der Waals surface area contributed by atoms with Crippen molar-refractivity contribution in [2.24, 2.45) is 0 Å². The number of benzene rings is 5. The summed E-state index contributed by atoms with van der Waals surface area (Å²) in [6.07, 6.45) is 2.07. The molecular weight excluding hydrogens is 384 g/mol. The minimum absolute atomic E-state index is 1.00. The normalized spacial score (nSPS) is 12.1. The van der Waals surface area contributed by atoms with Crippen molar-refractivity contribution in [1.82, 2.24) is 0 Å². The Morgan fingerprint density at radius 2 is 1.41 bits per heavy atom. The van der Waals surface area contributed by atoms with Gasteiger partial charge in [0, 0.05) is 0 Å². The van der Waals surface area contributed by atoms with Gasteiger partial charge in [0.15, 0.2) is 0 Å². The van der Waals surface area contributed by atoms with Crippen LogP contribution in [-0.4, -0.2) is 0 Å². The molecule has 0 bridgehead atoms. The lowest BCUT2D eigenvalue weighted by atomic mass is 9.88. The van der Waals surface area contributed by atoms with Gasteiger partial charge in [-0.05, 0) is 86.2 Å². The molecule has 0 amide bonds. The van der Waals surface area contributed by atoms with Gasteiger partial charge in [-0.2, -0.15) is 0 Å². The molecule has 0 heterocycles. The van der Waals surface area contributed by atoms with Gasteiger partial charge >= 0.3 is 0 Å². The number of fused-ring (bicyclic) bond motifs is 4. The summed E-state index contributed by atoms with van der Waals surface area (Å²) in [6, 6.07) is 35.8. The van der Waals surface area contributed by atoms with Crippen LogP contribution in [0.25, 0.3) is 44.2 Å². The van der Waals surface area contributed by atoms with Crippen LogP contribution in [0.15, 0.2) is 97.1 Å². The van der Waals surface area contributed by atoms with Crippen molar-refractivity contribution < 1.29 is 0 Å². The van der Waals surface area contributed by atoms with Gasteiger partial charge in [-0.15, -0.1) is 0 Å². The van der Waals surface area contributed by atoms with E-state index in [0.29, 0.717) is 0 Å². The van der Waals surface area contributed by atoms with E-state index in [9.17, 15) is 0 Å². The zero-order valence-corrected chi connectivity index (χ0v) is 18.7. The van der Waals surface area contributed by atoms with Gasteiger partial charge in [0.2, 0.25) is 0 Å². The number of rotatable bonds is 3. The van der Waals surface area contributed by atoms with Crippen molar-refractivity contribution in [1.29, 1.82) is 0 Å². The van der Waals surface area contributed by atoms with Crippen molar-refractivity contribution in [3.63, 3.8) is 0 Å². The van der Waals surface area contributed by atoms with E-state index in [0.717, 1.165) is 12.8 Å². The lowest BCUT2D eigenvalue weighted by Crippen LogP contribution is -1.92. The minimum Gasteiger partial charge on any atom is -0.0622 e. The highest BCUT2D eigenvalue weighted by Crippen LogP contribution is 2.48. The zero-order valence-electron chi connectivity index (χ0n) is 18.7. The van der Waals surface area contributed by atoms with Crippen LogP contribution in [0.5, 0.6) is 0 Å². The monoisotopic (exact) mass is 410 g/mol. The van der Waals surface area contributed by atoms with Gasteiger partial charge in [0.25, 0.3) is 0 Å². The van der Waals surface area contributed by atoms with Crippen molar-refractivity contribution in [2.45, 2.75) is 26.7 Å². The second-order valence-corrected chi connectivity index (χ2v) is 8.87. The zero-order chi connectivity index (χ0) is 21.7. The largest absolute Gasteiger partial charge is 0.0622 e. The molecule has 0 saturated carbocycles. The molecule has 154 valence electrons. The molecular formula is C32H26. The fourth-order valence-corrected chi connectivity index (χ4v) is 5.44. The van der Waals surface area contributed by atoms with Gasteiger partial charge in [-0.1, -0.05) is 104 Å². The summed E-state index contributed by atoms with van der Waals surface area (Å²) < 4.78 is 0. The highest BCUT2D eigenvalue weighted by Gasteiger charge is 2.26. The highest BCUT2D eigenvalue weighted by atomic mass is 14.3. The van der Waals surface area contributed by atoms with Crippen molar-refractivity contribution in [3.8, 4) is 33.4 Å².